The number of alkyl halides is 1. The van der Waals surface area contributed by atoms with Crippen molar-refractivity contribution in [3.05, 3.63) is 12.2 Å². The van der Waals surface area contributed by atoms with Crippen LogP contribution in [0.2, 0.25) is 0 Å². The maximum Gasteiger partial charge on any atom is 0.108 e. The van der Waals surface area contributed by atoms with E-state index in [1.165, 1.54) is 0 Å². The van der Waals surface area contributed by atoms with Gasteiger partial charge < -0.3 is 4.74 Å². The second kappa shape index (κ2) is 8.55. The Morgan fingerprint density at radius 1 is 1.50 bits per heavy atom. The smallest absolute Gasteiger partial charge is 0.108 e. The number of halogens is 1. The predicted molar refractivity (Wildman–Crippen MR) is 44.1 cm³/mol. The molecule has 0 atom stereocenters. The fraction of sp³-hybridized carbons (Fsp3) is 0.500. The molecule has 0 aromatic carbocycles. The van der Waals surface area contributed by atoms with E-state index >= 15 is 0 Å². The van der Waals surface area contributed by atoms with Gasteiger partial charge in [0.05, 0.1) is 12.5 Å². The number of allylic oxidation sites excluding steroid dienone is 1. The summed E-state index contributed by atoms with van der Waals surface area (Å²) in [6.07, 6.45) is 3.87. The van der Waals surface area contributed by atoms with Gasteiger partial charge in [-0.2, -0.15) is 0 Å². The van der Waals surface area contributed by atoms with Gasteiger partial charge in [-0.3, -0.25) is 0 Å². The number of hydrogen-bond acceptors (Lipinski definition) is 1. The largest absolute Gasteiger partial charge is 0.365 e. The van der Waals surface area contributed by atoms with Gasteiger partial charge in [-0.15, -0.1) is 11.6 Å². The highest BCUT2D eigenvalue weighted by atomic mass is 35.5. The van der Waals surface area contributed by atoms with E-state index in [0.717, 1.165) is 0 Å². The Labute approximate surface area is 67.0 Å². The molecule has 0 aliphatic carbocycles. The zero-order valence-corrected chi connectivity index (χ0v) is 6.82. The molecular weight excluding hydrogens is 148 g/mol. The average Bonchev–Trinajstić information content (AvgIpc) is 1.97. The summed E-state index contributed by atoms with van der Waals surface area (Å²) in [5, 5.41) is 0. The third kappa shape index (κ3) is 7.55. The van der Waals surface area contributed by atoms with E-state index < -0.39 is 0 Å². The average molecular weight is 159 g/mol. The van der Waals surface area contributed by atoms with Gasteiger partial charge in [0.2, 0.25) is 0 Å². The molecule has 0 fully saturated rings. The van der Waals surface area contributed by atoms with Crippen molar-refractivity contribution in [2.24, 2.45) is 0 Å². The highest BCUT2D eigenvalue weighted by molar-refractivity contribution is 6.19. The normalized spacial score (nSPS) is 9.40. The lowest BCUT2D eigenvalue weighted by atomic mass is 10.5. The summed E-state index contributed by atoms with van der Waals surface area (Å²) in [7, 11) is 0. The lowest BCUT2D eigenvalue weighted by Gasteiger charge is -1.90. The van der Waals surface area contributed by atoms with Crippen LogP contribution < -0.4 is 0 Å². The number of ether oxygens (including phenoxy) is 1. The summed E-state index contributed by atoms with van der Waals surface area (Å²) < 4.78 is 5.06. The van der Waals surface area contributed by atoms with Crippen molar-refractivity contribution in [1.82, 2.24) is 0 Å². The standard InChI is InChI=1S/C8H11ClO/c1-2-3-7-10-8-5-4-6-9/h2-3H,6-8H2,1H3/b3-2+. The van der Waals surface area contributed by atoms with E-state index in [2.05, 4.69) is 11.8 Å². The molecule has 0 radical (unpaired) electrons. The molecule has 0 rings (SSSR count). The van der Waals surface area contributed by atoms with Gasteiger partial charge in [-0.1, -0.05) is 24.0 Å². The maximum atomic E-state index is 5.30. The zero-order valence-electron chi connectivity index (χ0n) is 6.06. The minimum Gasteiger partial charge on any atom is -0.365 e. The molecule has 2 heteroatoms. The molecule has 0 aromatic rings. The van der Waals surface area contributed by atoms with Gasteiger partial charge in [0.15, 0.2) is 0 Å². The second-order valence-electron chi connectivity index (χ2n) is 1.57. The Kier molecular flexibility index (Phi) is 8.17. The maximum absolute atomic E-state index is 5.30. The Hall–Kier alpha value is -0.450. The first kappa shape index (κ1) is 9.55. The van der Waals surface area contributed by atoms with Crippen LogP contribution in [0.3, 0.4) is 0 Å². The lowest BCUT2D eigenvalue weighted by molar-refractivity contribution is 0.199. The van der Waals surface area contributed by atoms with Crippen molar-refractivity contribution in [1.29, 1.82) is 0 Å². The summed E-state index contributed by atoms with van der Waals surface area (Å²) in [6.45, 7) is 3.05. The van der Waals surface area contributed by atoms with Crippen LogP contribution >= 0.6 is 11.6 Å². The topological polar surface area (TPSA) is 9.23 Å². The van der Waals surface area contributed by atoms with Crippen molar-refractivity contribution < 1.29 is 4.74 Å². The molecule has 0 N–H and O–H groups in total. The summed E-state index contributed by atoms with van der Waals surface area (Å²) in [5.41, 5.74) is 0. The SMILES string of the molecule is C/C=C/COCC#CCCl. The molecular formula is C8H11ClO. The van der Waals surface area contributed by atoms with Gasteiger partial charge in [-0.25, -0.2) is 0 Å². The number of hydrogen-bond donors (Lipinski definition) is 0. The number of rotatable bonds is 3. The molecule has 0 aliphatic rings. The molecule has 0 aliphatic heterocycles. The van der Waals surface area contributed by atoms with Crippen LogP contribution in [-0.2, 0) is 4.74 Å². The molecule has 56 valence electrons. The van der Waals surface area contributed by atoms with Gasteiger partial charge in [0.25, 0.3) is 0 Å². The van der Waals surface area contributed by atoms with E-state index in [1.54, 1.807) is 0 Å². The Bertz CT molecular complexity index is 141. The van der Waals surface area contributed by atoms with Gasteiger partial charge in [-0.05, 0) is 6.92 Å². The highest BCUT2D eigenvalue weighted by Crippen LogP contribution is 1.76. The fourth-order valence-corrected chi connectivity index (χ4v) is 0.467. The minimum atomic E-state index is 0.382. The fourth-order valence-electron chi connectivity index (χ4n) is 0.372. The van der Waals surface area contributed by atoms with E-state index in [4.69, 9.17) is 16.3 Å². The van der Waals surface area contributed by atoms with Crippen LogP contribution in [-0.4, -0.2) is 19.1 Å². The molecule has 0 heterocycles. The Balaban J connectivity index is 3.04. The third-order valence-electron chi connectivity index (χ3n) is 0.816. The van der Waals surface area contributed by atoms with Crippen LogP contribution in [0, 0.1) is 11.8 Å². The summed E-state index contributed by atoms with van der Waals surface area (Å²) >= 11 is 5.30. The summed E-state index contributed by atoms with van der Waals surface area (Å²) in [6, 6.07) is 0. The predicted octanol–water partition coefficient (Wildman–Crippen LogP) is 1.82. The molecule has 1 nitrogen and oxygen atoms in total. The molecule has 0 saturated heterocycles. The molecule has 0 saturated carbocycles. The lowest BCUT2D eigenvalue weighted by Crippen LogP contribution is -1.90. The highest BCUT2D eigenvalue weighted by Gasteiger charge is 1.74. The third-order valence-corrected chi connectivity index (χ3v) is 0.949. The minimum absolute atomic E-state index is 0.382. The van der Waals surface area contributed by atoms with Gasteiger partial charge in [0.1, 0.15) is 6.61 Å². The summed E-state index contributed by atoms with van der Waals surface area (Å²) in [4.78, 5) is 0. The first-order valence-corrected chi connectivity index (χ1v) is 3.66. The molecule has 0 spiro atoms. The first-order valence-electron chi connectivity index (χ1n) is 3.12. The first-order chi connectivity index (χ1) is 4.91. The second-order valence-corrected chi connectivity index (χ2v) is 1.84. The van der Waals surface area contributed by atoms with Crippen LogP contribution in [0.4, 0.5) is 0 Å². The molecule has 0 bridgehead atoms. The molecule has 0 unspecified atom stereocenters. The molecule has 0 amide bonds. The van der Waals surface area contributed by atoms with Crippen LogP contribution in [0.15, 0.2) is 12.2 Å². The van der Waals surface area contributed by atoms with E-state index in [1.807, 2.05) is 19.1 Å². The molecule has 10 heavy (non-hydrogen) atoms. The van der Waals surface area contributed by atoms with Crippen molar-refractivity contribution in [3.8, 4) is 11.8 Å². The van der Waals surface area contributed by atoms with Crippen LogP contribution in [0.1, 0.15) is 6.92 Å². The Morgan fingerprint density at radius 3 is 2.90 bits per heavy atom. The van der Waals surface area contributed by atoms with Crippen molar-refractivity contribution in [2.45, 2.75) is 6.92 Å². The zero-order chi connectivity index (χ0) is 7.66. The van der Waals surface area contributed by atoms with Crippen molar-refractivity contribution in [3.63, 3.8) is 0 Å². The van der Waals surface area contributed by atoms with E-state index in [9.17, 15) is 0 Å². The van der Waals surface area contributed by atoms with Crippen molar-refractivity contribution in [2.75, 3.05) is 19.1 Å². The van der Waals surface area contributed by atoms with Crippen LogP contribution in [0.25, 0.3) is 0 Å². The van der Waals surface area contributed by atoms with Gasteiger partial charge in [0, 0.05) is 0 Å². The quantitative estimate of drug-likeness (QED) is 0.264. The summed E-state index contributed by atoms with van der Waals surface area (Å²) in [5.74, 6) is 5.83. The monoisotopic (exact) mass is 158 g/mol. The van der Waals surface area contributed by atoms with Crippen molar-refractivity contribution >= 4 is 11.6 Å². The van der Waals surface area contributed by atoms with Crippen LogP contribution in [0.5, 0.6) is 0 Å². The van der Waals surface area contributed by atoms with Gasteiger partial charge >= 0.3 is 0 Å². The molecule has 0 aromatic heterocycles. The van der Waals surface area contributed by atoms with E-state index in [0.29, 0.717) is 19.1 Å². The Morgan fingerprint density at radius 2 is 2.30 bits per heavy atom. The van der Waals surface area contributed by atoms with E-state index in [-0.39, 0.29) is 0 Å².